The Morgan fingerprint density at radius 3 is 2.61 bits per heavy atom. The van der Waals surface area contributed by atoms with Gasteiger partial charge in [-0.1, -0.05) is 27.7 Å². The summed E-state index contributed by atoms with van der Waals surface area (Å²) in [5.74, 6) is 2.42. The summed E-state index contributed by atoms with van der Waals surface area (Å²) in [5.41, 5.74) is 7.22. The number of aromatic nitrogens is 1. The van der Waals surface area contributed by atoms with Crippen molar-refractivity contribution in [2.45, 2.75) is 46.2 Å². The molecular formula is C14H25N3O. The van der Waals surface area contributed by atoms with Gasteiger partial charge in [0.25, 0.3) is 0 Å². The molecule has 1 aromatic heterocycles. The van der Waals surface area contributed by atoms with Crippen LogP contribution in [0.15, 0.2) is 10.7 Å². The summed E-state index contributed by atoms with van der Waals surface area (Å²) in [5, 5.41) is 0. The van der Waals surface area contributed by atoms with E-state index in [1.807, 2.05) is 0 Å². The van der Waals surface area contributed by atoms with Crippen LogP contribution in [0.3, 0.4) is 0 Å². The molecule has 0 bridgehead atoms. The minimum absolute atomic E-state index is 0.293. The molecule has 2 rings (SSSR count). The van der Waals surface area contributed by atoms with E-state index in [-0.39, 0.29) is 0 Å². The summed E-state index contributed by atoms with van der Waals surface area (Å²) in [6, 6.07) is 0.293. The zero-order chi connectivity index (χ0) is 13.3. The smallest absolute Gasteiger partial charge is 0.196 e. The van der Waals surface area contributed by atoms with Crippen molar-refractivity contribution in [1.29, 1.82) is 0 Å². The summed E-state index contributed by atoms with van der Waals surface area (Å²) >= 11 is 0. The van der Waals surface area contributed by atoms with E-state index in [9.17, 15) is 0 Å². The van der Waals surface area contributed by atoms with Crippen LogP contribution >= 0.6 is 0 Å². The average Bonchev–Trinajstić information content (AvgIpc) is 2.86. The van der Waals surface area contributed by atoms with Crippen LogP contribution in [0, 0.1) is 11.8 Å². The molecule has 1 aliphatic rings. The van der Waals surface area contributed by atoms with Gasteiger partial charge in [0, 0.05) is 31.6 Å². The van der Waals surface area contributed by atoms with Gasteiger partial charge in [0.15, 0.2) is 5.89 Å². The lowest BCUT2D eigenvalue weighted by Crippen LogP contribution is -2.32. The van der Waals surface area contributed by atoms with Crippen LogP contribution in [0.2, 0.25) is 0 Å². The van der Waals surface area contributed by atoms with Crippen LogP contribution < -0.4 is 5.73 Å². The molecule has 0 spiro atoms. The van der Waals surface area contributed by atoms with Crippen LogP contribution in [0.25, 0.3) is 0 Å². The van der Waals surface area contributed by atoms with Crippen LogP contribution in [-0.2, 0) is 6.54 Å². The lowest BCUT2D eigenvalue weighted by atomic mass is 9.92. The zero-order valence-corrected chi connectivity index (χ0v) is 11.9. The monoisotopic (exact) mass is 251 g/mol. The van der Waals surface area contributed by atoms with Gasteiger partial charge in [-0.05, 0) is 11.8 Å². The molecule has 1 aromatic rings. The van der Waals surface area contributed by atoms with Crippen molar-refractivity contribution in [1.82, 2.24) is 9.88 Å². The van der Waals surface area contributed by atoms with Gasteiger partial charge in [0.05, 0.1) is 5.69 Å². The number of likely N-dealkylation sites (tertiary alicyclic amines) is 1. The van der Waals surface area contributed by atoms with E-state index in [1.54, 1.807) is 6.26 Å². The number of nitrogens with zero attached hydrogens (tertiary/aromatic N) is 2. The van der Waals surface area contributed by atoms with Gasteiger partial charge in [0.2, 0.25) is 0 Å². The fraction of sp³-hybridized carbons (Fsp3) is 0.786. The molecular weight excluding hydrogens is 226 g/mol. The number of oxazole rings is 1. The fourth-order valence-corrected chi connectivity index (χ4v) is 2.67. The predicted octanol–water partition coefficient (Wildman–Crippen LogP) is 2.21. The van der Waals surface area contributed by atoms with Crippen LogP contribution in [0.5, 0.6) is 0 Å². The Balaban J connectivity index is 1.94. The first-order valence-corrected chi connectivity index (χ1v) is 6.89. The molecule has 0 radical (unpaired) electrons. The Kier molecular flexibility index (Phi) is 4.07. The molecule has 1 fully saturated rings. The summed E-state index contributed by atoms with van der Waals surface area (Å²) in [6.07, 6.45) is 1.78. The maximum Gasteiger partial charge on any atom is 0.196 e. The van der Waals surface area contributed by atoms with Crippen LogP contribution in [-0.4, -0.2) is 29.0 Å². The van der Waals surface area contributed by atoms with Crippen molar-refractivity contribution in [2.24, 2.45) is 17.6 Å². The van der Waals surface area contributed by atoms with Crippen molar-refractivity contribution in [2.75, 3.05) is 13.1 Å². The normalized spacial score (nSPS) is 25.5. The second-order valence-corrected chi connectivity index (χ2v) is 6.10. The quantitative estimate of drug-likeness (QED) is 0.891. The van der Waals surface area contributed by atoms with Gasteiger partial charge >= 0.3 is 0 Å². The van der Waals surface area contributed by atoms with E-state index in [0.29, 0.717) is 23.8 Å². The molecule has 0 unspecified atom stereocenters. The zero-order valence-electron chi connectivity index (χ0n) is 11.9. The summed E-state index contributed by atoms with van der Waals surface area (Å²) in [7, 11) is 0. The van der Waals surface area contributed by atoms with E-state index < -0.39 is 0 Å². The minimum atomic E-state index is 0.293. The van der Waals surface area contributed by atoms with E-state index in [4.69, 9.17) is 10.2 Å². The fourth-order valence-electron chi connectivity index (χ4n) is 2.67. The maximum atomic E-state index is 6.19. The summed E-state index contributed by atoms with van der Waals surface area (Å²) in [6.45, 7) is 11.6. The molecule has 1 aliphatic heterocycles. The van der Waals surface area contributed by atoms with Gasteiger partial charge in [-0.3, -0.25) is 4.90 Å². The van der Waals surface area contributed by atoms with Gasteiger partial charge in [0.1, 0.15) is 6.26 Å². The van der Waals surface area contributed by atoms with Crippen molar-refractivity contribution in [3.05, 3.63) is 17.8 Å². The number of rotatable bonds is 4. The highest BCUT2D eigenvalue weighted by Gasteiger charge is 2.32. The third-order valence-electron chi connectivity index (χ3n) is 3.79. The third-order valence-corrected chi connectivity index (χ3v) is 3.79. The molecule has 0 saturated carbocycles. The number of nitrogens with two attached hydrogens (primary N) is 1. The van der Waals surface area contributed by atoms with Crippen molar-refractivity contribution >= 4 is 0 Å². The Labute approximate surface area is 110 Å². The highest BCUT2D eigenvalue weighted by Crippen LogP contribution is 2.24. The Bertz CT molecular complexity index is 386. The Morgan fingerprint density at radius 2 is 2.11 bits per heavy atom. The minimum Gasteiger partial charge on any atom is -0.448 e. The molecule has 4 nitrogen and oxygen atoms in total. The van der Waals surface area contributed by atoms with Crippen molar-refractivity contribution in [3.8, 4) is 0 Å². The summed E-state index contributed by atoms with van der Waals surface area (Å²) in [4.78, 5) is 6.91. The van der Waals surface area contributed by atoms with E-state index in [2.05, 4.69) is 37.6 Å². The van der Waals surface area contributed by atoms with Gasteiger partial charge in [-0.2, -0.15) is 0 Å². The highest BCUT2D eigenvalue weighted by molar-refractivity contribution is 5.01. The van der Waals surface area contributed by atoms with Crippen LogP contribution in [0.4, 0.5) is 0 Å². The molecule has 2 heterocycles. The van der Waals surface area contributed by atoms with Crippen LogP contribution in [0.1, 0.15) is 45.2 Å². The Morgan fingerprint density at radius 1 is 1.39 bits per heavy atom. The molecule has 18 heavy (non-hydrogen) atoms. The lowest BCUT2D eigenvalue weighted by Gasteiger charge is -2.18. The number of hydrogen-bond donors (Lipinski definition) is 1. The third kappa shape index (κ3) is 2.93. The summed E-state index contributed by atoms with van der Waals surface area (Å²) < 4.78 is 5.47. The molecule has 0 aliphatic carbocycles. The van der Waals surface area contributed by atoms with E-state index in [1.165, 1.54) is 0 Å². The van der Waals surface area contributed by atoms with Gasteiger partial charge in [-0.25, -0.2) is 4.98 Å². The SMILES string of the molecule is CC(C)c1nc(CN2C[C@H](C(C)C)[C@@H](N)C2)co1. The van der Waals surface area contributed by atoms with Crippen molar-refractivity contribution < 1.29 is 4.42 Å². The first-order chi connectivity index (χ1) is 8.47. The molecule has 2 atom stereocenters. The first-order valence-electron chi connectivity index (χ1n) is 6.89. The van der Waals surface area contributed by atoms with E-state index >= 15 is 0 Å². The molecule has 4 heteroatoms. The molecule has 102 valence electrons. The van der Waals surface area contributed by atoms with E-state index in [0.717, 1.165) is 31.2 Å². The highest BCUT2D eigenvalue weighted by atomic mass is 16.3. The second-order valence-electron chi connectivity index (χ2n) is 6.10. The molecule has 2 N–H and O–H groups in total. The second kappa shape index (κ2) is 5.41. The topological polar surface area (TPSA) is 55.3 Å². The average molecular weight is 251 g/mol. The van der Waals surface area contributed by atoms with Gasteiger partial charge in [-0.15, -0.1) is 0 Å². The molecule has 0 aromatic carbocycles. The number of hydrogen-bond acceptors (Lipinski definition) is 4. The van der Waals surface area contributed by atoms with Crippen molar-refractivity contribution in [3.63, 3.8) is 0 Å². The lowest BCUT2D eigenvalue weighted by molar-refractivity contribution is 0.293. The largest absolute Gasteiger partial charge is 0.448 e. The Hall–Kier alpha value is -0.870. The van der Waals surface area contributed by atoms with Gasteiger partial charge < -0.3 is 10.2 Å². The predicted molar refractivity (Wildman–Crippen MR) is 72.2 cm³/mol. The first kappa shape index (κ1) is 13.6. The maximum absolute atomic E-state index is 6.19. The molecule has 1 saturated heterocycles. The standard InChI is InChI=1S/C14H25N3O/c1-9(2)12-6-17(7-13(12)15)5-11-8-18-14(16-11)10(3)4/h8-10,12-13H,5-7,15H2,1-4H3/t12-,13+/m1/s1. The molecule has 0 amide bonds.